The first kappa shape index (κ1) is 15.7. The molecule has 0 aromatic heterocycles. The van der Waals surface area contributed by atoms with Crippen molar-refractivity contribution < 1.29 is 14.7 Å². The molecule has 0 heterocycles. The van der Waals surface area contributed by atoms with Crippen molar-refractivity contribution in [2.45, 2.75) is 27.7 Å². The standard InChI is InChI=1S/C6H15N.C2H9O3P/c1-4-7(5-2)6-3;1-2-6(3,4)5/h4-6H2,1-3H3;3-6H,2H2,1H3. The van der Waals surface area contributed by atoms with Crippen molar-refractivity contribution in [3.63, 3.8) is 0 Å². The van der Waals surface area contributed by atoms with Crippen molar-refractivity contribution in [1.82, 2.24) is 4.90 Å². The Balaban J connectivity index is 0. The van der Waals surface area contributed by atoms with Crippen LogP contribution in [0.1, 0.15) is 27.7 Å². The average Bonchev–Trinajstić information content (AvgIpc) is 2.07. The molecule has 0 fully saturated rings. The summed E-state index contributed by atoms with van der Waals surface area (Å²) in [7, 11) is -3.63. The molecule has 0 saturated carbocycles. The maximum absolute atomic E-state index is 8.08. The fourth-order valence-corrected chi connectivity index (χ4v) is 0.671. The number of rotatable bonds is 4. The molecule has 0 aromatic rings. The van der Waals surface area contributed by atoms with E-state index in [0.717, 1.165) is 0 Å². The molecular weight excluding hydrogens is 189 g/mol. The van der Waals surface area contributed by atoms with Gasteiger partial charge in [0.25, 0.3) is 0 Å². The Morgan fingerprint density at radius 2 is 1.08 bits per heavy atom. The van der Waals surface area contributed by atoms with Gasteiger partial charge in [-0.25, -0.2) is 0 Å². The van der Waals surface area contributed by atoms with Gasteiger partial charge >= 0.3 is 35.7 Å². The second-order valence-electron chi connectivity index (χ2n) is 2.75. The van der Waals surface area contributed by atoms with E-state index in [1.54, 1.807) is 0 Å². The third kappa shape index (κ3) is 15.1. The van der Waals surface area contributed by atoms with E-state index >= 15 is 0 Å². The van der Waals surface area contributed by atoms with Crippen LogP contribution >= 0.6 is 7.94 Å². The van der Waals surface area contributed by atoms with E-state index in [9.17, 15) is 0 Å². The van der Waals surface area contributed by atoms with Gasteiger partial charge in [-0.1, -0.05) is 20.8 Å². The Bertz CT molecular complexity index is 96.5. The predicted octanol–water partition coefficient (Wildman–Crippen LogP) is 0.826. The topological polar surface area (TPSA) is 63.9 Å². The predicted molar refractivity (Wildman–Crippen MR) is 59.0 cm³/mol. The molecule has 0 unspecified atom stereocenters. The molecule has 0 atom stereocenters. The van der Waals surface area contributed by atoms with Crippen molar-refractivity contribution in [1.29, 1.82) is 0 Å². The maximum atomic E-state index is 8.08. The summed E-state index contributed by atoms with van der Waals surface area (Å²) < 4.78 is 0. The molecule has 0 radical (unpaired) electrons. The van der Waals surface area contributed by atoms with E-state index in [0.29, 0.717) is 0 Å². The summed E-state index contributed by atoms with van der Waals surface area (Å²) in [6.07, 6.45) is 0.0764. The zero-order valence-electron chi connectivity index (χ0n) is 9.12. The van der Waals surface area contributed by atoms with Crippen LogP contribution in [0.25, 0.3) is 0 Å². The van der Waals surface area contributed by atoms with E-state index in [-0.39, 0.29) is 6.16 Å². The van der Waals surface area contributed by atoms with Crippen molar-refractivity contribution in [3.05, 3.63) is 0 Å². The average molecular weight is 213 g/mol. The zero-order chi connectivity index (χ0) is 10.9. The summed E-state index contributed by atoms with van der Waals surface area (Å²) in [5.41, 5.74) is 0. The number of nitrogens with zero attached hydrogens (tertiary/aromatic N) is 1. The Morgan fingerprint density at radius 1 is 0.846 bits per heavy atom. The second-order valence-corrected chi connectivity index (χ2v) is 5.00. The van der Waals surface area contributed by atoms with Crippen LogP contribution < -0.4 is 0 Å². The Morgan fingerprint density at radius 3 is 1.08 bits per heavy atom. The molecule has 0 aliphatic rings. The molecule has 0 aliphatic carbocycles. The van der Waals surface area contributed by atoms with E-state index in [2.05, 4.69) is 25.7 Å². The molecule has 4 nitrogen and oxygen atoms in total. The molecule has 13 heavy (non-hydrogen) atoms. The number of hydrogen-bond donors (Lipinski definition) is 3. The molecule has 0 saturated heterocycles. The third-order valence-corrected chi connectivity index (χ3v) is 2.76. The van der Waals surface area contributed by atoms with Crippen molar-refractivity contribution in [2.24, 2.45) is 0 Å². The first-order chi connectivity index (χ1) is 5.91. The van der Waals surface area contributed by atoms with E-state index in [4.69, 9.17) is 14.7 Å². The Hall–Kier alpha value is 0.270. The van der Waals surface area contributed by atoms with Gasteiger partial charge in [0.2, 0.25) is 0 Å². The van der Waals surface area contributed by atoms with Crippen LogP contribution in [0.2, 0.25) is 0 Å². The fraction of sp³-hybridized carbons (Fsp3) is 1.00. The van der Waals surface area contributed by atoms with Crippen molar-refractivity contribution in [2.75, 3.05) is 25.8 Å². The normalized spacial score (nSPS) is 12.3. The molecule has 0 bridgehead atoms. The van der Waals surface area contributed by atoms with Gasteiger partial charge in [-0.15, -0.1) is 0 Å². The molecule has 0 aliphatic heterocycles. The Labute approximate surface area is 81.8 Å². The van der Waals surface area contributed by atoms with Crippen LogP contribution in [0.15, 0.2) is 0 Å². The molecule has 0 spiro atoms. The summed E-state index contributed by atoms with van der Waals surface area (Å²) >= 11 is 0. The summed E-state index contributed by atoms with van der Waals surface area (Å²) in [6.45, 7) is 11.6. The van der Waals surface area contributed by atoms with Crippen LogP contribution in [-0.4, -0.2) is 45.4 Å². The fourth-order valence-electron chi connectivity index (χ4n) is 0.671. The van der Waals surface area contributed by atoms with Crippen molar-refractivity contribution in [3.8, 4) is 0 Å². The van der Waals surface area contributed by atoms with E-state index in [1.165, 1.54) is 26.6 Å². The van der Waals surface area contributed by atoms with Crippen LogP contribution in [0, 0.1) is 0 Å². The van der Waals surface area contributed by atoms with Gasteiger partial charge < -0.3 is 4.90 Å². The molecule has 3 N–H and O–H groups in total. The zero-order valence-corrected chi connectivity index (χ0v) is 10.1. The first-order valence-electron chi connectivity index (χ1n) is 4.80. The van der Waals surface area contributed by atoms with Crippen LogP contribution in [0.3, 0.4) is 0 Å². The number of hydrogen-bond acceptors (Lipinski definition) is 4. The first-order valence-corrected chi connectivity index (χ1v) is 6.85. The van der Waals surface area contributed by atoms with Crippen LogP contribution in [0.4, 0.5) is 0 Å². The summed E-state index contributed by atoms with van der Waals surface area (Å²) in [4.78, 5) is 26.6. The summed E-state index contributed by atoms with van der Waals surface area (Å²) in [6, 6.07) is 0. The minimum absolute atomic E-state index is 0.0764. The Kier molecular flexibility index (Phi) is 10.7. The molecule has 0 aromatic carbocycles. The van der Waals surface area contributed by atoms with Crippen LogP contribution in [0.5, 0.6) is 0 Å². The van der Waals surface area contributed by atoms with Gasteiger partial charge in [0.05, 0.1) is 0 Å². The summed E-state index contributed by atoms with van der Waals surface area (Å²) in [5.74, 6) is 0. The summed E-state index contributed by atoms with van der Waals surface area (Å²) in [5, 5.41) is 0. The van der Waals surface area contributed by atoms with Gasteiger partial charge in [0, 0.05) is 0 Å². The monoisotopic (exact) mass is 213 g/mol. The minimum atomic E-state index is -3.63. The van der Waals surface area contributed by atoms with Crippen molar-refractivity contribution >= 4 is 7.94 Å². The third-order valence-electron chi connectivity index (χ3n) is 1.82. The molecule has 84 valence electrons. The van der Waals surface area contributed by atoms with Gasteiger partial charge in [-0.05, 0) is 19.6 Å². The van der Waals surface area contributed by atoms with Gasteiger partial charge in [0.1, 0.15) is 0 Å². The van der Waals surface area contributed by atoms with E-state index < -0.39 is 7.94 Å². The molecular formula is C8H24NO3P. The van der Waals surface area contributed by atoms with Gasteiger partial charge in [-0.3, -0.25) is 0 Å². The van der Waals surface area contributed by atoms with Gasteiger partial charge in [0.15, 0.2) is 0 Å². The molecule has 0 rings (SSSR count). The SMILES string of the molecule is CCN(CC)CC.CC[PH](O)(O)O. The second kappa shape index (κ2) is 8.85. The van der Waals surface area contributed by atoms with Crippen LogP contribution in [-0.2, 0) is 0 Å². The van der Waals surface area contributed by atoms with E-state index in [1.807, 2.05) is 0 Å². The molecule has 0 amide bonds. The quantitative estimate of drug-likeness (QED) is 0.605. The van der Waals surface area contributed by atoms with Gasteiger partial charge in [-0.2, -0.15) is 0 Å². The molecule has 5 heteroatoms.